The minimum Gasteiger partial charge on any atom is -0.371 e. The summed E-state index contributed by atoms with van der Waals surface area (Å²) in [5, 5.41) is 3.42. The van der Waals surface area contributed by atoms with Gasteiger partial charge in [0, 0.05) is 31.9 Å². The summed E-state index contributed by atoms with van der Waals surface area (Å²) in [7, 11) is -3.20. The Morgan fingerprint density at radius 3 is 2.25 bits per heavy atom. The number of sulfonamides is 1. The van der Waals surface area contributed by atoms with E-state index in [0.29, 0.717) is 25.9 Å². The van der Waals surface area contributed by atoms with Crippen molar-refractivity contribution < 1.29 is 13.2 Å². The summed E-state index contributed by atoms with van der Waals surface area (Å²) in [6, 6.07) is 9.69. The molecule has 0 spiro atoms. The Balaban J connectivity index is 1.80. The van der Waals surface area contributed by atoms with E-state index in [-0.39, 0.29) is 11.7 Å². The molecule has 2 fully saturated rings. The standard InChI is InChI=1S/C17H25N3O3S/c1-2-24(22,23)20-13-9-17(10-14-20,16(21)19-11-6-12-19)18-15-7-4-3-5-8-15/h3-5,7-8,18H,2,6,9-14H2,1H3. The third kappa shape index (κ3) is 3.28. The van der Waals surface area contributed by atoms with Gasteiger partial charge in [-0.15, -0.1) is 0 Å². The molecule has 0 aromatic heterocycles. The molecule has 0 radical (unpaired) electrons. The van der Waals surface area contributed by atoms with Crippen molar-refractivity contribution in [3.05, 3.63) is 30.3 Å². The first-order valence-corrected chi connectivity index (χ1v) is 10.2. The maximum absolute atomic E-state index is 13.0. The molecule has 2 aliphatic rings. The SMILES string of the molecule is CCS(=O)(=O)N1CCC(Nc2ccccc2)(C(=O)N2CCC2)CC1. The van der Waals surface area contributed by atoms with Crippen LogP contribution in [0.2, 0.25) is 0 Å². The molecule has 24 heavy (non-hydrogen) atoms. The molecule has 0 bridgehead atoms. The third-order valence-corrected chi connectivity index (χ3v) is 6.93. The summed E-state index contributed by atoms with van der Waals surface area (Å²) in [6.07, 6.45) is 2.04. The van der Waals surface area contributed by atoms with Gasteiger partial charge in [-0.1, -0.05) is 18.2 Å². The first-order chi connectivity index (χ1) is 11.5. The highest BCUT2D eigenvalue weighted by Gasteiger charge is 2.46. The zero-order valence-electron chi connectivity index (χ0n) is 14.1. The number of carbonyl (C=O) groups excluding carboxylic acids is 1. The second-order valence-corrected chi connectivity index (χ2v) is 8.78. The summed E-state index contributed by atoms with van der Waals surface area (Å²) in [6.45, 7) is 4.03. The van der Waals surface area contributed by atoms with Crippen LogP contribution >= 0.6 is 0 Å². The monoisotopic (exact) mass is 351 g/mol. The molecule has 0 aliphatic carbocycles. The molecule has 0 atom stereocenters. The molecule has 1 aromatic carbocycles. The lowest BCUT2D eigenvalue weighted by Gasteiger charge is -2.45. The second kappa shape index (κ2) is 6.72. The minimum absolute atomic E-state index is 0.103. The average molecular weight is 351 g/mol. The fourth-order valence-electron chi connectivity index (χ4n) is 3.34. The molecule has 1 aromatic rings. The highest BCUT2D eigenvalue weighted by molar-refractivity contribution is 7.89. The maximum atomic E-state index is 13.0. The Morgan fingerprint density at radius 1 is 1.12 bits per heavy atom. The molecule has 2 heterocycles. The number of piperidine rings is 1. The number of hydrogen-bond acceptors (Lipinski definition) is 4. The summed E-state index contributed by atoms with van der Waals surface area (Å²) >= 11 is 0. The van der Waals surface area contributed by atoms with Crippen molar-refractivity contribution in [2.75, 3.05) is 37.2 Å². The number of nitrogens with zero attached hydrogens (tertiary/aromatic N) is 2. The van der Waals surface area contributed by atoms with E-state index in [9.17, 15) is 13.2 Å². The van der Waals surface area contributed by atoms with Crippen molar-refractivity contribution in [3.8, 4) is 0 Å². The van der Waals surface area contributed by atoms with E-state index >= 15 is 0 Å². The molecule has 2 aliphatic heterocycles. The van der Waals surface area contributed by atoms with Crippen LogP contribution in [-0.4, -0.2) is 61.0 Å². The average Bonchev–Trinajstić information content (AvgIpc) is 2.54. The maximum Gasteiger partial charge on any atom is 0.248 e. The van der Waals surface area contributed by atoms with Gasteiger partial charge in [-0.3, -0.25) is 4.79 Å². The van der Waals surface area contributed by atoms with Gasteiger partial charge >= 0.3 is 0 Å². The lowest BCUT2D eigenvalue weighted by Crippen LogP contribution is -2.62. The van der Waals surface area contributed by atoms with Crippen molar-refractivity contribution in [3.63, 3.8) is 0 Å². The van der Waals surface area contributed by atoms with Crippen LogP contribution in [-0.2, 0) is 14.8 Å². The number of carbonyl (C=O) groups is 1. The smallest absolute Gasteiger partial charge is 0.248 e. The third-order valence-electron chi connectivity index (χ3n) is 5.04. The Bertz CT molecular complexity index is 678. The predicted molar refractivity (Wildman–Crippen MR) is 94.3 cm³/mol. The summed E-state index contributed by atoms with van der Waals surface area (Å²) in [4.78, 5) is 14.9. The first-order valence-electron chi connectivity index (χ1n) is 8.57. The van der Waals surface area contributed by atoms with Gasteiger partial charge in [0.1, 0.15) is 5.54 Å². The van der Waals surface area contributed by atoms with Crippen LogP contribution in [0.3, 0.4) is 0 Å². The van der Waals surface area contributed by atoms with E-state index in [2.05, 4.69) is 5.32 Å². The molecular weight excluding hydrogens is 326 g/mol. The first kappa shape index (κ1) is 17.2. The van der Waals surface area contributed by atoms with E-state index in [1.165, 1.54) is 4.31 Å². The van der Waals surface area contributed by atoms with Gasteiger partial charge in [0.25, 0.3) is 0 Å². The molecule has 2 saturated heterocycles. The largest absolute Gasteiger partial charge is 0.371 e. The topological polar surface area (TPSA) is 69.7 Å². The second-order valence-electron chi connectivity index (χ2n) is 6.52. The van der Waals surface area contributed by atoms with Crippen molar-refractivity contribution in [2.24, 2.45) is 0 Å². The molecule has 132 valence electrons. The van der Waals surface area contributed by atoms with Crippen molar-refractivity contribution in [1.82, 2.24) is 9.21 Å². The van der Waals surface area contributed by atoms with Gasteiger partial charge in [-0.2, -0.15) is 0 Å². The molecule has 1 N–H and O–H groups in total. The fraction of sp³-hybridized carbons (Fsp3) is 0.588. The van der Waals surface area contributed by atoms with Crippen LogP contribution in [0, 0.1) is 0 Å². The molecule has 0 saturated carbocycles. The highest BCUT2D eigenvalue weighted by Crippen LogP contribution is 2.31. The lowest BCUT2D eigenvalue weighted by molar-refractivity contribution is -0.141. The Hall–Kier alpha value is -1.60. The van der Waals surface area contributed by atoms with Crippen molar-refractivity contribution in [2.45, 2.75) is 31.7 Å². The van der Waals surface area contributed by atoms with E-state index in [0.717, 1.165) is 25.2 Å². The number of benzene rings is 1. The lowest BCUT2D eigenvalue weighted by atomic mass is 9.85. The zero-order valence-corrected chi connectivity index (χ0v) is 14.9. The fourth-order valence-corrected chi connectivity index (χ4v) is 4.44. The van der Waals surface area contributed by atoms with Crippen LogP contribution in [0.25, 0.3) is 0 Å². The minimum atomic E-state index is -3.20. The van der Waals surface area contributed by atoms with Crippen LogP contribution in [0.15, 0.2) is 30.3 Å². The zero-order chi connectivity index (χ0) is 17.2. The number of para-hydroxylation sites is 1. The van der Waals surface area contributed by atoms with Crippen LogP contribution in [0.4, 0.5) is 5.69 Å². The molecule has 6 nitrogen and oxygen atoms in total. The van der Waals surface area contributed by atoms with Crippen LogP contribution in [0.1, 0.15) is 26.2 Å². The van der Waals surface area contributed by atoms with Gasteiger partial charge in [0.15, 0.2) is 0 Å². The van der Waals surface area contributed by atoms with Crippen molar-refractivity contribution >= 4 is 21.6 Å². The summed E-state index contributed by atoms with van der Waals surface area (Å²) in [5.41, 5.74) is 0.194. The Kier molecular flexibility index (Phi) is 4.83. The normalized spacial score (nSPS) is 21.1. The van der Waals surface area contributed by atoms with Gasteiger partial charge in [0.2, 0.25) is 15.9 Å². The van der Waals surface area contributed by atoms with E-state index in [1.807, 2.05) is 35.2 Å². The van der Waals surface area contributed by atoms with Gasteiger partial charge < -0.3 is 10.2 Å². The van der Waals surface area contributed by atoms with Gasteiger partial charge in [-0.25, -0.2) is 12.7 Å². The van der Waals surface area contributed by atoms with Crippen molar-refractivity contribution in [1.29, 1.82) is 0 Å². The molecular formula is C17H25N3O3S. The van der Waals surface area contributed by atoms with E-state index in [1.54, 1.807) is 6.92 Å². The Labute approximate surface area is 143 Å². The number of likely N-dealkylation sites (tertiary alicyclic amines) is 1. The highest BCUT2D eigenvalue weighted by atomic mass is 32.2. The number of amides is 1. The summed E-state index contributed by atoms with van der Waals surface area (Å²) in [5.74, 6) is 0.206. The predicted octanol–water partition coefficient (Wildman–Crippen LogP) is 1.52. The quantitative estimate of drug-likeness (QED) is 0.873. The summed E-state index contributed by atoms with van der Waals surface area (Å²) < 4.78 is 25.7. The number of anilines is 1. The van der Waals surface area contributed by atoms with Crippen LogP contribution < -0.4 is 5.32 Å². The number of nitrogens with one attached hydrogen (secondary N) is 1. The van der Waals surface area contributed by atoms with Crippen LogP contribution in [0.5, 0.6) is 0 Å². The number of rotatable bonds is 5. The van der Waals surface area contributed by atoms with E-state index < -0.39 is 15.6 Å². The molecule has 7 heteroatoms. The molecule has 1 amide bonds. The molecule has 3 rings (SSSR count). The van der Waals surface area contributed by atoms with E-state index in [4.69, 9.17) is 0 Å². The number of hydrogen-bond donors (Lipinski definition) is 1. The molecule has 0 unspecified atom stereocenters. The van der Waals surface area contributed by atoms with Gasteiger partial charge in [-0.05, 0) is 38.3 Å². The Morgan fingerprint density at radius 2 is 1.75 bits per heavy atom. The van der Waals surface area contributed by atoms with Gasteiger partial charge in [0.05, 0.1) is 5.75 Å².